The van der Waals surface area contributed by atoms with Crippen LogP contribution in [0.1, 0.15) is 27.7 Å². The summed E-state index contributed by atoms with van der Waals surface area (Å²) in [5, 5.41) is 12.4. The quantitative estimate of drug-likeness (QED) is 0.689. The van der Waals surface area contributed by atoms with Gasteiger partial charge < -0.3 is 19.6 Å². The maximum atomic E-state index is 13.1. The Balaban J connectivity index is 2.02. The molecule has 1 aliphatic rings. The van der Waals surface area contributed by atoms with Crippen molar-refractivity contribution in [3.05, 3.63) is 63.6 Å². The molecule has 0 radical (unpaired) electrons. The monoisotopic (exact) mass is 400 g/mol. The zero-order chi connectivity index (χ0) is 20.3. The molecule has 1 amide bonds. The lowest BCUT2D eigenvalue weighted by atomic mass is 9.95. The van der Waals surface area contributed by atoms with E-state index in [2.05, 4.69) is 0 Å². The van der Waals surface area contributed by atoms with Crippen molar-refractivity contribution in [2.24, 2.45) is 0 Å². The van der Waals surface area contributed by atoms with Crippen LogP contribution in [-0.2, 0) is 4.79 Å². The first-order valence-corrected chi connectivity index (χ1v) is 9.93. The van der Waals surface area contributed by atoms with Crippen LogP contribution in [0.3, 0.4) is 0 Å². The van der Waals surface area contributed by atoms with E-state index in [4.69, 9.17) is 4.74 Å². The van der Waals surface area contributed by atoms with Gasteiger partial charge in [-0.2, -0.15) is 0 Å². The van der Waals surface area contributed by atoms with Gasteiger partial charge in [-0.3, -0.25) is 9.59 Å². The maximum Gasteiger partial charge on any atom is 0.290 e. The summed E-state index contributed by atoms with van der Waals surface area (Å²) >= 11 is 1.29. The Hall–Kier alpha value is -2.64. The average molecular weight is 401 g/mol. The highest BCUT2D eigenvalue weighted by Crippen LogP contribution is 2.40. The van der Waals surface area contributed by atoms with Crippen LogP contribution in [0.5, 0.6) is 5.75 Å². The minimum absolute atomic E-state index is 0.130. The van der Waals surface area contributed by atoms with Crippen molar-refractivity contribution in [1.29, 1.82) is 0 Å². The number of thiophene rings is 1. The van der Waals surface area contributed by atoms with Gasteiger partial charge >= 0.3 is 0 Å². The molecule has 0 aliphatic carbocycles. The Morgan fingerprint density at radius 3 is 2.71 bits per heavy atom. The number of aliphatic hydroxyl groups excluding tert-OH is 1. The van der Waals surface area contributed by atoms with E-state index in [1.165, 1.54) is 11.3 Å². The number of nitrogens with zero attached hydrogens (tertiary/aromatic N) is 2. The normalized spacial score (nSPS) is 16.9. The zero-order valence-corrected chi connectivity index (χ0v) is 17.0. The van der Waals surface area contributed by atoms with Crippen LogP contribution in [0.15, 0.2) is 53.1 Å². The molecule has 6 nitrogen and oxygen atoms in total. The largest absolute Gasteiger partial charge is 0.503 e. The summed E-state index contributed by atoms with van der Waals surface area (Å²) in [6, 6.07) is 10.1. The highest BCUT2D eigenvalue weighted by molar-refractivity contribution is 7.12. The summed E-state index contributed by atoms with van der Waals surface area (Å²) in [6.45, 7) is 1.23. The summed E-state index contributed by atoms with van der Waals surface area (Å²) in [7, 11) is 5.50. The van der Waals surface area contributed by atoms with Crippen LogP contribution in [0.25, 0.3) is 0 Å². The van der Waals surface area contributed by atoms with Crippen molar-refractivity contribution in [2.75, 3.05) is 34.3 Å². The predicted molar refractivity (Wildman–Crippen MR) is 109 cm³/mol. The summed E-state index contributed by atoms with van der Waals surface area (Å²) in [6.07, 6.45) is 0.729. The Morgan fingerprint density at radius 1 is 1.29 bits per heavy atom. The highest BCUT2D eigenvalue weighted by Gasteiger charge is 2.43. The topological polar surface area (TPSA) is 70.1 Å². The van der Waals surface area contributed by atoms with Crippen LogP contribution in [0.2, 0.25) is 0 Å². The van der Waals surface area contributed by atoms with E-state index in [1.807, 2.05) is 31.1 Å². The fourth-order valence-electron chi connectivity index (χ4n) is 3.37. The lowest BCUT2D eigenvalue weighted by Gasteiger charge is -2.27. The van der Waals surface area contributed by atoms with Crippen LogP contribution in [0.4, 0.5) is 0 Å². The molecule has 7 heteroatoms. The number of Topliss-reactive ketones (excluding diaryl/α,β-unsaturated/α-hetero) is 1. The van der Waals surface area contributed by atoms with Gasteiger partial charge in [0.25, 0.3) is 5.91 Å². The van der Waals surface area contributed by atoms with Crippen LogP contribution < -0.4 is 4.74 Å². The van der Waals surface area contributed by atoms with E-state index in [-0.39, 0.29) is 11.4 Å². The first-order chi connectivity index (χ1) is 13.4. The number of carbonyl (C=O) groups excluding carboxylic acids is 2. The number of hydrogen-bond acceptors (Lipinski definition) is 6. The van der Waals surface area contributed by atoms with Gasteiger partial charge in [0.1, 0.15) is 5.75 Å². The molecule has 0 bridgehead atoms. The fraction of sp³-hybridized carbons (Fsp3) is 0.333. The minimum atomic E-state index is -0.639. The van der Waals surface area contributed by atoms with Crippen LogP contribution in [-0.4, -0.2) is 60.9 Å². The first kappa shape index (κ1) is 20.1. The SMILES string of the molecule is COc1cccc([C@H]2C(C(=O)c3cccs3)=C(O)C(=O)N2CCCN(C)C)c1. The molecule has 0 unspecified atom stereocenters. The number of hydrogen-bond donors (Lipinski definition) is 1. The van der Waals surface area contributed by atoms with E-state index in [0.717, 1.165) is 18.5 Å². The third kappa shape index (κ3) is 3.95. The molecule has 2 heterocycles. The Labute approximate surface area is 168 Å². The second-order valence-corrected chi connectivity index (χ2v) is 7.85. The minimum Gasteiger partial charge on any atom is -0.503 e. The molecule has 148 valence electrons. The second-order valence-electron chi connectivity index (χ2n) is 6.90. The van der Waals surface area contributed by atoms with Gasteiger partial charge in [-0.05, 0) is 56.2 Å². The molecular weight excluding hydrogens is 376 g/mol. The molecule has 28 heavy (non-hydrogen) atoms. The van der Waals surface area contributed by atoms with Gasteiger partial charge in [0, 0.05) is 6.54 Å². The number of aliphatic hydroxyl groups is 1. The van der Waals surface area contributed by atoms with Crippen LogP contribution in [0, 0.1) is 0 Å². The van der Waals surface area contributed by atoms with Crippen molar-refractivity contribution in [3.63, 3.8) is 0 Å². The highest BCUT2D eigenvalue weighted by atomic mass is 32.1. The number of ketones is 1. The van der Waals surface area contributed by atoms with Crippen molar-refractivity contribution in [3.8, 4) is 5.75 Å². The number of methoxy groups -OCH3 is 1. The third-order valence-electron chi connectivity index (χ3n) is 4.71. The van der Waals surface area contributed by atoms with Gasteiger partial charge in [0.2, 0.25) is 5.78 Å². The Bertz CT molecular complexity index is 890. The van der Waals surface area contributed by atoms with Crippen molar-refractivity contribution < 1.29 is 19.4 Å². The molecule has 2 aromatic rings. The number of rotatable bonds is 8. The number of carbonyl (C=O) groups is 2. The predicted octanol–water partition coefficient (Wildman–Crippen LogP) is 3.29. The Morgan fingerprint density at radius 2 is 2.07 bits per heavy atom. The van der Waals surface area contributed by atoms with E-state index < -0.39 is 17.7 Å². The summed E-state index contributed by atoms with van der Waals surface area (Å²) < 4.78 is 5.31. The molecule has 1 aromatic carbocycles. The standard InChI is InChI=1S/C21H24N2O4S/c1-22(2)10-6-11-23-18(14-7-4-8-15(13-14)27-3)17(20(25)21(23)26)19(24)16-9-5-12-28-16/h4-5,7-9,12-13,18,25H,6,10-11H2,1-3H3/t18-/m0/s1. The molecule has 0 fully saturated rings. The number of ether oxygens (including phenoxy) is 1. The van der Waals surface area contributed by atoms with Crippen molar-refractivity contribution in [1.82, 2.24) is 9.80 Å². The lowest BCUT2D eigenvalue weighted by Crippen LogP contribution is -2.33. The molecule has 1 aromatic heterocycles. The third-order valence-corrected chi connectivity index (χ3v) is 5.58. The summed E-state index contributed by atoms with van der Waals surface area (Å²) in [4.78, 5) is 30.0. The maximum absolute atomic E-state index is 13.1. The molecule has 0 saturated heterocycles. The molecule has 1 N–H and O–H groups in total. The van der Waals surface area contributed by atoms with Gasteiger partial charge in [-0.25, -0.2) is 0 Å². The fourth-order valence-corrected chi connectivity index (χ4v) is 4.05. The number of benzene rings is 1. The lowest BCUT2D eigenvalue weighted by molar-refractivity contribution is -0.129. The Kier molecular flexibility index (Phi) is 6.16. The van der Waals surface area contributed by atoms with Crippen molar-refractivity contribution in [2.45, 2.75) is 12.5 Å². The average Bonchev–Trinajstić information content (AvgIpc) is 3.30. The molecule has 0 spiro atoms. The van der Waals surface area contributed by atoms with Gasteiger partial charge in [-0.15, -0.1) is 11.3 Å². The molecule has 3 rings (SSSR count). The first-order valence-electron chi connectivity index (χ1n) is 9.05. The summed E-state index contributed by atoms with van der Waals surface area (Å²) in [5.41, 5.74) is 0.868. The van der Waals surface area contributed by atoms with Crippen LogP contribution >= 0.6 is 11.3 Å². The van der Waals surface area contributed by atoms with Gasteiger partial charge in [-0.1, -0.05) is 18.2 Å². The van der Waals surface area contributed by atoms with E-state index >= 15 is 0 Å². The van der Waals surface area contributed by atoms with Gasteiger partial charge in [0.15, 0.2) is 5.76 Å². The van der Waals surface area contributed by atoms with E-state index in [9.17, 15) is 14.7 Å². The smallest absolute Gasteiger partial charge is 0.290 e. The molecule has 1 aliphatic heterocycles. The molecular formula is C21H24N2O4S. The van der Waals surface area contributed by atoms with Gasteiger partial charge in [0.05, 0.1) is 23.6 Å². The second kappa shape index (κ2) is 8.58. The van der Waals surface area contributed by atoms with Crippen molar-refractivity contribution >= 4 is 23.0 Å². The van der Waals surface area contributed by atoms with E-state index in [1.54, 1.807) is 41.7 Å². The molecule has 0 saturated carbocycles. The number of amides is 1. The van der Waals surface area contributed by atoms with E-state index in [0.29, 0.717) is 17.2 Å². The summed E-state index contributed by atoms with van der Waals surface area (Å²) in [5.74, 6) is -0.654. The zero-order valence-electron chi connectivity index (χ0n) is 16.2. The molecule has 1 atom stereocenters.